The summed E-state index contributed by atoms with van der Waals surface area (Å²) in [7, 11) is 0. The van der Waals surface area contributed by atoms with Crippen molar-refractivity contribution in [3.05, 3.63) is 34.7 Å². The summed E-state index contributed by atoms with van der Waals surface area (Å²) in [5.74, 6) is 0.531. The maximum Gasteiger partial charge on any atom is 0.100 e. The molecule has 1 aliphatic carbocycles. The summed E-state index contributed by atoms with van der Waals surface area (Å²) in [5, 5.41) is 11.6. The lowest BCUT2D eigenvalue weighted by atomic mass is 10.1. The van der Waals surface area contributed by atoms with Gasteiger partial charge in [-0.1, -0.05) is 37.8 Å². The first-order valence-corrected chi connectivity index (χ1v) is 3.85. The highest BCUT2D eigenvalue weighted by Crippen LogP contribution is 2.02. The first kappa shape index (κ1) is 8.85. The molecule has 1 heteroatoms. The zero-order valence-electron chi connectivity index (χ0n) is 6.25. The molecule has 1 N–H and O–H groups in total. The van der Waals surface area contributed by atoms with Crippen molar-refractivity contribution in [2.24, 2.45) is 0 Å². The van der Waals surface area contributed by atoms with Crippen LogP contribution in [-0.4, -0.2) is 5.11 Å². The van der Waals surface area contributed by atoms with Gasteiger partial charge in [0.2, 0.25) is 0 Å². The number of benzene rings is 1. The molecule has 1 aliphatic rings. The van der Waals surface area contributed by atoms with Crippen LogP contribution in [0.4, 0.5) is 0 Å². The minimum atomic E-state index is 0. The summed E-state index contributed by atoms with van der Waals surface area (Å²) in [4.78, 5) is 0. The number of hydrogen-bond acceptors (Lipinski definition) is 1. The number of rotatable bonds is 0. The fourth-order valence-corrected chi connectivity index (χ4v) is 1.44. The van der Waals surface area contributed by atoms with Gasteiger partial charge in [0, 0.05) is 11.6 Å². The lowest BCUT2D eigenvalue weighted by molar-refractivity contribution is 0.478. The van der Waals surface area contributed by atoms with Crippen LogP contribution >= 0.6 is 0 Å². The van der Waals surface area contributed by atoms with E-state index in [0.717, 1.165) is 23.3 Å². The minimum absolute atomic E-state index is 0. The highest BCUT2D eigenvalue weighted by molar-refractivity contribution is 5.44. The molecule has 1 aromatic carbocycles. The minimum Gasteiger partial charge on any atom is -0.512 e. The van der Waals surface area contributed by atoms with Crippen molar-refractivity contribution in [1.82, 2.24) is 0 Å². The molecule has 64 valence electrons. The van der Waals surface area contributed by atoms with Crippen LogP contribution in [0.3, 0.4) is 0 Å². The lowest BCUT2D eigenvalue weighted by Gasteiger charge is -2.03. The molecule has 0 aliphatic heterocycles. The maximum absolute atomic E-state index is 9.46. The second kappa shape index (κ2) is 3.44. The molecule has 0 bridgehead atoms. The van der Waals surface area contributed by atoms with Crippen LogP contribution in [0.15, 0.2) is 24.3 Å². The highest BCUT2D eigenvalue weighted by atomic mass is 16.3. The Balaban J connectivity index is 0.000000720. The Morgan fingerprint density at radius 3 is 2.67 bits per heavy atom. The maximum atomic E-state index is 9.46. The first-order valence-electron chi connectivity index (χ1n) is 3.85. The zero-order valence-corrected chi connectivity index (χ0v) is 6.25. The summed E-state index contributed by atoms with van der Waals surface area (Å²) in [6, 6.07) is 7.94. The lowest BCUT2D eigenvalue weighted by Crippen LogP contribution is -2.28. The normalized spacial score (nSPS) is 14.2. The van der Waals surface area contributed by atoms with E-state index in [2.05, 4.69) is 6.08 Å². The van der Waals surface area contributed by atoms with E-state index in [1.165, 1.54) is 0 Å². The van der Waals surface area contributed by atoms with Gasteiger partial charge in [-0.3, -0.25) is 0 Å². The van der Waals surface area contributed by atoms with Crippen LogP contribution in [-0.2, 0) is 0 Å². The first-order chi connectivity index (χ1) is 5.38. The summed E-state index contributed by atoms with van der Waals surface area (Å²) in [5.41, 5.74) is 0. The molecule has 0 amide bonds. The average molecular weight is 162 g/mol. The van der Waals surface area contributed by atoms with Crippen LogP contribution in [0.1, 0.15) is 20.3 Å². The molecule has 0 spiro atoms. The molecule has 0 heterocycles. The quantitative estimate of drug-likeness (QED) is 0.614. The Morgan fingerprint density at radius 2 is 1.92 bits per heavy atom. The molecule has 12 heavy (non-hydrogen) atoms. The molecule has 0 saturated carbocycles. The highest BCUT2D eigenvalue weighted by Gasteiger charge is 1.99. The third kappa shape index (κ3) is 1.35. The van der Waals surface area contributed by atoms with Gasteiger partial charge in [0.15, 0.2) is 0 Å². The van der Waals surface area contributed by atoms with Crippen molar-refractivity contribution >= 4 is 11.8 Å². The Kier molecular flexibility index (Phi) is 2.54. The Hall–Kier alpha value is -1.24. The predicted molar refractivity (Wildman–Crippen MR) is 52.2 cm³/mol. The molecule has 1 nitrogen and oxygen atoms in total. The molecule has 0 radical (unpaired) electrons. The Labute approximate surface area is 72.7 Å². The zero-order chi connectivity index (χ0) is 7.68. The largest absolute Gasteiger partial charge is 0.512 e. The van der Waals surface area contributed by atoms with E-state index >= 15 is 0 Å². The van der Waals surface area contributed by atoms with Gasteiger partial charge in [-0.25, -0.2) is 0 Å². The third-order valence-corrected chi connectivity index (χ3v) is 2.02. The third-order valence-electron chi connectivity index (χ3n) is 2.02. The van der Waals surface area contributed by atoms with Gasteiger partial charge in [0.05, 0.1) is 0 Å². The molecule has 0 unspecified atom stereocenters. The monoisotopic (exact) mass is 162 g/mol. The molecular formula is C11H14O. The molecule has 0 saturated heterocycles. The predicted octanol–water partition coefficient (Wildman–Crippen LogP) is 1.56. The fraction of sp³-hybridized carbons (Fsp3) is 0.273. The van der Waals surface area contributed by atoms with E-state index in [4.69, 9.17) is 0 Å². The van der Waals surface area contributed by atoms with Crippen LogP contribution in [0.25, 0.3) is 11.8 Å². The SMILES string of the molecule is C.OC1=c2ccccc2=CCC1. The molecule has 0 atom stereocenters. The topological polar surface area (TPSA) is 20.2 Å². The van der Waals surface area contributed by atoms with E-state index in [1.807, 2.05) is 24.3 Å². The second-order valence-corrected chi connectivity index (χ2v) is 2.78. The van der Waals surface area contributed by atoms with Gasteiger partial charge in [-0.05, 0) is 11.6 Å². The number of aliphatic hydroxyl groups excluding tert-OH is 1. The number of fused-ring (bicyclic) bond motifs is 1. The van der Waals surface area contributed by atoms with Crippen molar-refractivity contribution < 1.29 is 5.11 Å². The van der Waals surface area contributed by atoms with Crippen molar-refractivity contribution in [2.75, 3.05) is 0 Å². The van der Waals surface area contributed by atoms with Crippen LogP contribution in [0.2, 0.25) is 0 Å². The molecule has 0 fully saturated rings. The van der Waals surface area contributed by atoms with Gasteiger partial charge in [0.1, 0.15) is 5.76 Å². The molecule has 1 aromatic rings. The summed E-state index contributed by atoms with van der Waals surface area (Å²) < 4.78 is 0. The number of hydrogen-bond donors (Lipinski definition) is 1. The van der Waals surface area contributed by atoms with E-state index < -0.39 is 0 Å². The second-order valence-electron chi connectivity index (χ2n) is 2.78. The van der Waals surface area contributed by atoms with Crippen LogP contribution < -0.4 is 10.4 Å². The van der Waals surface area contributed by atoms with E-state index in [9.17, 15) is 5.11 Å². The van der Waals surface area contributed by atoms with E-state index in [0.29, 0.717) is 5.76 Å². The summed E-state index contributed by atoms with van der Waals surface area (Å²) in [6.45, 7) is 0. The van der Waals surface area contributed by atoms with Crippen LogP contribution in [0.5, 0.6) is 0 Å². The van der Waals surface area contributed by atoms with Crippen molar-refractivity contribution in [2.45, 2.75) is 20.3 Å². The molecule has 2 rings (SSSR count). The van der Waals surface area contributed by atoms with E-state index in [-0.39, 0.29) is 7.43 Å². The fourth-order valence-electron chi connectivity index (χ4n) is 1.44. The number of aliphatic hydroxyl groups is 1. The standard InChI is InChI=1S/C10H10O.CH4/c11-10-7-3-5-8-4-1-2-6-9(8)10;/h1-2,4-6,11H,3,7H2;1H4. The Bertz CT molecular complexity index is 376. The molecular weight excluding hydrogens is 148 g/mol. The van der Waals surface area contributed by atoms with Gasteiger partial charge in [-0.2, -0.15) is 0 Å². The van der Waals surface area contributed by atoms with Crippen molar-refractivity contribution in [3.8, 4) is 0 Å². The van der Waals surface area contributed by atoms with E-state index in [1.54, 1.807) is 0 Å². The van der Waals surface area contributed by atoms with Crippen LogP contribution in [0, 0.1) is 0 Å². The molecule has 0 aromatic heterocycles. The smallest absolute Gasteiger partial charge is 0.100 e. The Morgan fingerprint density at radius 1 is 1.17 bits per heavy atom. The summed E-state index contributed by atoms with van der Waals surface area (Å²) in [6.07, 6.45) is 3.91. The van der Waals surface area contributed by atoms with Gasteiger partial charge in [0.25, 0.3) is 0 Å². The average Bonchev–Trinajstić information content (AvgIpc) is 2.06. The van der Waals surface area contributed by atoms with Crippen molar-refractivity contribution in [3.63, 3.8) is 0 Å². The van der Waals surface area contributed by atoms with Gasteiger partial charge >= 0.3 is 0 Å². The van der Waals surface area contributed by atoms with Gasteiger partial charge in [-0.15, -0.1) is 0 Å². The van der Waals surface area contributed by atoms with Gasteiger partial charge < -0.3 is 5.11 Å². The summed E-state index contributed by atoms with van der Waals surface area (Å²) >= 11 is 0. The van der Waals surface area contributed by atoms with Crippen molar-refractivity contribution in [1.29, 1.82) is 0 Å².